The van der Waals surface area contributed by atoms with Crippen molar-refractivity contribution in [2.75, 3.05) is 11.4 Å². The van der Waals surface area contributed by atoms with Gasteiger partial charge >= 0.3 is 0 Å². The van der Waals surface area contributed by atoms with Gasteiger partial charge in [-0.1, -0.05) is 11.6 Å². The van der Waals surface area contributed by atoms with Gasteiger partial charge in [0.2, 0.25) is 0 Å². The summed E-state index contributed by atoms with van der Waals surface area (Å²) in [6.07, 6.45) is 3.45. The molecule has 1 N–H and O–H groups in total. The maximum Gasteiger partial charge on any atom is 0.126 e. The first kappa shape index (κ1) is 11.9. The molecule has 0 spiro atoms. The van der Waals surface area contributed by atoms with Crippen molar-refractivity contribution in [2.45, 2.75) is 13.5 Å². The van der Waals surface area contributed by atoms with Gasteiger partial charge in [0.05, 0.1) is 18.6 Å². The van der Waals surface area contributed by atoms with Crippen molar-refractivity contribution in [2.24, 2.45) is 0 Å². The molecule has 0 bridgehead atoms. The Hall–Kier alpha value is -1.55. The summed E-state index contributed by atoms with van der Waals surface area (Å²) in [5.41, 5.74) is 1.67. The molecule has 0 aliphatic carbocycles. The maximum absolute atomic E-state index is 13.3. The molecule has 0 atom stereocenters. The zero-order valence-corrected chi connectivity index (χ0v) is 10.2. The number of imidazole rings is 1. The van der Waals surface area contributed by atoms with Gasteiger partial charge in [-0.25, -0.2) is 9.37 Å². The van der Waals surface area contributed by atoms with E-state index in [2.05, 4.69) is 9.97 Å². The molecule has 0 aliphatic heterocycles. The lowest BCUT2D eigenvalue weighted by Crippen LogP contribution is -2.22. The molecule has 5 heteroatoms. The first-order valence-corrected chi connectivity index (χ1v) is 5.75. The molecule has 0 amide bonds. The average molecular weight is 254 g/mol. The number of nitrogens with zero attached hydrogens (tertiary/aromatic N) is 2. The number of H-pyrrole nitrogens is 1. The summed E-state index contributed by atoms with van der Waals surface area (Å²) in [6, 6.07) is 4.52. The Kier molecular flexibility index (Phi) is 3.64. The van der Waals surface area contributed by atoms with E-state index in [4.69, 9.17) is 11.6 Å². The van der Waals surface area contributed by atoms with Crippen molar-refractivity contribution in [1.82, 2.24) is 9.97 Å². The van der Waals surface area contributed by atoms with Crippen LogP contribution in [0.25, 0.3) is 0 Å². The summed E-state index contributed by atoms with van der Waals surface area (Å²) in [6.45, 7) is 3.39. The number of aromatic amines is 1. The largest absolute Gasteiger partial charge is 0.366 e. The van der Waals surface area contributed by atoms with Crippen molar-refractivity contribution >= 4 is 17.3 Å². The van der Waals surface area contributed by atoms with Crippen LogP contribution in [0.2, 0.25) is 5.02 Å². The van der Waals surface area contributed by atoms with Gasteiger partial charge in [-0.05, 0) is 25.1 Å². The summed E-state index contributed by atoms with van der Waals surface area (Å²) in [4.78, 5) is 9.05. The molecule has 3 nitrogen and oxygen atoms in total. The number of hydrogen-bond acceptors (Lipinski definition) is 2. The van der Waals surface area contributed by atoms with E-state index in [-0.39, 0.29) is 5.82 Å². The fourth-order valence-corrected chi connectivity index (χ4v) is 1.90. The van der Waals surface area contributed by atoms with E-state index in [0.717, 1.165) is 17.9 Å². The second kappa shape index (κ2) is 5.19. The number of hydrogen-bond donors (Lipinski definition) is 1. The third-order valence-corrected chi connectivity index (χ3v) is 2.72. The fraction of sp³-hybridized carbons (Fsp3) is 0.250. The highest BCUT2D eigenvalue weighted by Crippen LogP contribution is 2.22. The Morgan fingerprint density at radius 1 is 1.41 bits per heavy atom. The van der Waals surface area contributed by atoms with Gasteiger partial charge in [0.1, 0.15) is 5.82 Å². The van der Waals surface area contributed by atoms with E-state index in [0.29, 0.717) is 11.6 Å². The highest BCUT2D eigenvalue weighted by Gasteiger charge is 2.08. The third kappa shape index (κ3) is 2.97. The molecule has 0 unspecified atom stereocenters. The van der Waals surface area contributed by atoms with E-state index in [1.165, 1.54) is 12.1 Å². The predicted octanol–water partition coefficient (Wildman–Crippen LogP) is 3.23. The van der Waals surface area contributed by atoms with E-state index in [9.17, 15) is 4.39 Å². The number of rotatable bonds is 4. The zero-order valence-electron chi connectivity index (χ0n) is 9.45. The minimum atomic E-state index is -0.326. The molecule has 2 aromatic rings. The highest BCUT2D eigenvalue weighted by molar-refractivity contribution is 6.30. The minimum absolute atomic E-state index is 0.326. The Bertz CT molecular complexity index is 464. The van der Waals surface area contributed by atoms with Crippen LogP contribution in [0.4, 0.5) is 10.1 Å². The summed E-state index contributed by atoms with van der Waals surface area (Å²) in [5.74, 6) is -0.326. The second-order valence-corrected chi connectivity index (χ2v) is 4.14. The van der Waals surface area contributed by atoms with Crippen LogP contribution in [0.5, 0.6) is 0 Å². The van der Waals surface area contributed by atoms with Gasteiger partial charge in [0.25, 0.3) is 0 Å². The molecule has 0 radical (unpaired) electrons. The molecule has 1 aromatic carbocycles. The first-order valence-electron chi connectivity index (χ1n) is 5.37. The second-order valence-electron chi connectivity index (χ2n) is 3.70. The Balaban J connectivity index is 2.22. The molecule has 1 heterocycles. The van der Waals surface area contributed by atoms with Gasteiger partial charge in [-0.3, -0.25) is 0 Å². The topological polar surface area (TPSA) is 31.9 Å². The lowest BCUT2D eigenvalue weighted by Gasteiger charge is -2.22. The average Bonchev–Trinajstić information content (AvgIpc) is 2.77. The molecule has 90 valence electrons. The number of benzene rings is 1. The molecule has 1 aromatic heterocycles. The number of halogens is 2. The van der Waals surface area contributed by atoms with Crippen molar-refractivity contribution in [3.8, 4) is 0 Å². The van der Waals surface area contributed by atoms with Crippen LogP contribution >= 0.6 is 11.6 Å². The molecular formula is C12H13ClFN3. The normalized spacial score (nSPS) is 10.5. The zero-order chi connectivity index (χ0) is 12.3. The number of anilines is 1. The van der Waals surface area contributed by atoms with Crippen LogP contribution in [0.1, 0.15) is 12.6 Å². The van der Waals surface area contributed by atoms with E-state index < -0.39 is 0 Å². The maximum atomic E-state index is 13.3. The van der Waals surface area contributed by atoms with Gasteiger partial charge < -0.3 is 9.88 Å². The van der Waals surface area contributed by atoms with E-state index in [1.807, 2.05) is 18.0 Å². The Morgan fingerprint density at radius 2 is 2.24 bits per heavy atom. The lowest BCUT2D eigenvalue weighted by atomic mass is 10.2. The third-order valence-electron chi connectivity index (χ3n) is 2.50. The first-order chi connectivity index (χ1) is 8.19. The molecule has 0 saturated carbocycles. The van der Waals surface area contributed by atoms with Crippen LogP contribution in [-0.2, 0) is 6.54 Å². The van der Waals surface area contributed by atoms with E-state index >= 15 is 0 Å². The van der Waals surface area contributed by atoms with Crippen LogP contribution in [0, 0.1) is 5.82 Å². The van der Waals surface area contributed by atoms with Crippen molar-refractivity contribution in [3.63, 3.8) is 0 Å². The van der Waals surface area contributed by atoms with Crippen LogP contribution < -0.4 is 4.90 Å². The smallest absolute Gasteiger partial charge is 0.126 e. The van der Waals surface area contributed by atoms with Crippen molar-refractivity contribution in [3.05, 3.63) is 47.3 Å². The highest BCUT2D eigenvalue weighted by atomic mass is 35.5. The van der Waals surface area contributed by atoms with Gasteiger partial charge in [-0.2, -0.15) is 0 Å². The number of nitrogens with one attached hydrogen (secondary N) is 1. The lowest BCUT2D eigenvalue weighted by molar-refractivity contribution is 0.626. The molecule has 0 saturated heterocycles. The summed E-state index contributed by atoms with van der Waals surface area (Å²) < 4.78 is 13.3. The SMILES string of the molecule is CCN(Cc1c[nH]cn1)c1cc(F)cc(Cl)c1. The van der Waals surface area contributed by atoms with Gasteiger partial charge in [0, 0.05) is 23.5 Å². The van der Waals surface area contributed by atoms with Crippen LogP contribution in [0.3, 0.4) is 0 Å². The van der Waals surface area contributed by atoms with Crippen LogP contribution in [-0.4, -0.2) is 16.5 Å². The Labute approximate surface area is 104 Å². The van der Waals surface area contributed by atoms with Crippen LogP contribution in [0.15, 0.2) is 30.7 Å². The monoisotopic (exact) mass is 253 g/mol. The summed E-state index contributed by atoms with van der Waals surface area (Å²) in [7, 11) is 0. The summed E-state index contributed by atoms with van der Waals surface area (Å²) >= 11 is 5.84. The predicted molar refractivity (Wildman–Crippen MR) is 66.7 cm³/mol. The van der Waals surface area contributed by atoms with E-state index in [1.54, 1.807) is 12.4 Å². The quantitative estimate of drug-likeness (QED) is 0.907. The van der Waals surface area contributed by atoms with Crippen molar-refractivity contribution in [1.29, 1.82) is 0 Å². The molecule has 17 heavy (non-hydrogen) atoms. The molecular weight excluding hydrogens is 241 g/mol. The standard InChI is InChI=1S/C12H13ClFN3/c1-2-17(7-11-6-15-8-16-11)12-4-9(13)3-10(14)5-12/h3-6,8H,2,7H2,1H3,(H,15,16). The molecule has 0 aliphatic rings. The number of aromatic nitrogens is 2. The summed E-state index contributed by atoms with van der Waals surface area (Å²) in [5, 5.41) is 0.403. The fourth-order valence-electron chi connectivity index (χ4n) is 1.68. The minimum Gasteiger partial charge on any atom is -0.366 e. The molecule has 0 fully saturated rings. The van der Waals surface area contributed by atoms with Gasteiger partial charge in [0.15, 0.2) is 0 Å². The van der Waals surface area contributed by atoms with Crippen molar-refractivity contribution < 1.29 is 4.39 Å². The van der Waals surface area contributed by atoms with Gasteiger partial charge in [-0.15, -0.1) is 0 Å². The molecule has 2 rings (SSSR count). The Morgan fingerprint density at radius 3 is 2.82 bits per heavy atom.